The number of benzene rings is 1. The van der Waals surface area contributed by atoms with Gasteiger partial charge in [-0.15, -0.1) is 0 Å². The van der Waals surface area contributed by atoms with Crippen LogP contribution in [0, 0.1) is 0 Å². The number of ether oxygens (including phenoxy) is 2. The van der Waals surface area contributed by atoms with Gasteiger partial charge in [-0.1, -0.05) is 52.9 Å². The molecular formula is C11H13IO2. The van der Waals surface area contributed by atoms with Crippen molar-refractivity contribution in [2.75, 3.05) is 17.6 Å². The van der Waals surface area contributed by atoms with Crippen LogP contribution < -0.4 is 0 Å². The van der Waals surface area contributed by atoms with Gasteiger partial charge < -0.3 is 9.47 Å². The number of hydrogen-bond acceptors (Lipinski definition) is 2. The van der Waals surface area contributed by atoms with E-state index in [2.05, 4.69) is 46.9 Å². The molecule has 0 amide bonds. The highest BCUT2D eigenvalue weighted by Gasteiger charge is 2.23. The average molecular weight is 304 g/mol. The molecule has 0 saturated carbocycles. The zero-order valence-corrected chi connectivity index (χ0v) is 10.0. The van der Waals surface area contributed by atoms with Crippen LogP contribution >= 0.6 is 22.6 Å². The smallest absolute Gasteiger partial charge is 0.105 e. The maximum Gasteiger partial charge on any atom is 0.105 e. The summed E-state index contributed by atoms with van der Waals surface area (Å²) in [5.74, 6) is 0. The molecule has 0 spiro atoms. The molecule has 1 atom stereocenters. The molecular weight excluding hydrogens is 291 g/mol. The van der Waals surface area contributed by atoms with Crippen molar-refractivity contribution in [3.05, 3.63) is 35.9 Å². The molecule has 2 nitrogen and oxygen atoms in total. The number of rotatable bonds is 4. The average Bonchev–Trinajstić information content (AvgIpc) is 2.18. The van der Waals surface area contributed by atoms with E-state index in [-0.39, 0.29) is 6.10 Å². The van der Waals surface area contributed by atoms with Gasteiger partial charge in [-0.25, -0.2) is 0 Å². The first-order valence-electron chi connectivity index (χ1n) is 4.74. The quantitative estimate of drug-likeness (QED) is 0.629. The Morgan fingerprint density at radius 1 is 1.36 bits per heavy atom. The monoisotopic (exact) mass is 304 g/mol. The third kappa shape index (κ3) is 2.46. The summed E-state index contributed by atoms with van der Waals surface area (Å²) in [6, 6.07) is 10.4. The third-order valence-corrected chi connectivity index (χ3v) is 3.08. The summed E-state index contributed by atoms with van der Waals surface area (Å²) in [4.78, 5) is 0. The van der Waals surface area contributed by atoms with Crippen molar-refractivity contribution in [2.24, 2.45) is 0 Å². The Balaban J connectivity index is 1.98. The van der Waals surface area contributed by atoms with Gasteiger partial charge in [-0.3, -0.25) is 0 Å². The Bertz CT molecular complexity index is 272. The molecule has 0 aromatic heterocycles. The Hall–Kier alpha value is -0.130. The van der Waals surface area contributed by atoms with Crippen molar-refractivity contribution in [1.82, 2.24) is 0 Å². The van der Waals surface area contributed by atoms with Crippen LogP contribution in [0.4, 0.5) is 0 Å². The van der Waals surface area contributed by atoms with Crippen molar-refractivity contribution < 1.29 is 9.47 Å². The van der Waals surface area contributed by atoms with E-state index >= 15 is 0 Å². The summed E-state index contributed by atoms with van der Waals surface area (Å²) in [6.07, 6.45) is 0.515. The van der Waals surface area contributed by atoms with Crippen molar-refractivity contribution in [3.63, 3.8) is 0 Å². The highest BCUT2D eigenvalue weighted by Crippen LogP contribution is 2.23. The summed E-state index contributed by atoms with van der Waals surface area (Å²) < 4.78 is 12.0. The standard InChI is InChI=1S/C11H13IO2/c12-6-11(14-10-7-13-8-10)9-4-2-1-3-5-9/h1-5,10-11H,6-8H2. The minimum Gasteiger partial charge on any atom is -0.376 e. The van der Waals surface area contributed by atoms with Crippen LogP contribution in [-0.4, -0.2) is 23.7 Å². The van der Waals surface area contributed by atoms with Crippen LogP contribution in [-0.2, 0) is 9.47 Å². The van der Waals surface area contributed by atoms with Gasteiger partial charge in [0.05, 0.1) is 19.3 Å². The zero-order chi connectivity index (χ0) is 9.80. The Kier molecular flexibility index (Phi) is 3.78. The van der Waals surface area contributed by atoms with E-state index in [9.17, 15) is 0 Å². The highest BCUT2D eigenvalue weighted by atomic mass is 127. The minimum atomic E-state index is 0.214. The van der Waals surface area contributed by atoms with Gasteiger partial charge in [-0.2, -0.15) is 0 Å². The molecule has 1 aromatic carbocycles. The minimum absolute atomic E-state index is 0.214. The Morgan fingerprint density at radius 3 is 2.57 bits per heavy atom. The molecule has 1 aliphatic rings. The molecule has 2 rings (SSSR count). The second kappa shape index (κ2) is 5.09. The van der Waals surface area contributed by atoms with Crippen LogP contribution in [0.1, 0.15) is 11.7 Å². The van der Waals surface area contributed by atoms with E-state index in [0.717, 1.165) is 17.6 Å². The Labute approximate surface area is 97.7 Å². The molecule has 3 heteroatoms. The van der Waals surface area contributed by atoms with Crippen molar-refractivity contribution >= 4 is 22.6 Å². The van der Waals surface area contributed by atoms with Gasteiger partial charge in [0.25, 0.3) is 0 Å². The predicted molar refractivity (Wildman–Crippen MR) is 63.8 cm³/mol. The molecule has 0 N–H and O–H groups in total. The van der Waals surface area contributed by atoms with Crippen molar-refractivity contribution in [1.29, 1.82) is 0 Å². The van der Waals surface area contributed by atoms with Crippen LogP contribution in [0.15, 0.2) is 30.3 Å². The van der Waals surface area contributed by atoms with E-state index in [1.807, 2.05) is 6.07 Å². The van der Waals surface area contributed by atoms with Gasteiger partial charge in [-0.05, 0) is 5.56 Å². The van der Waals surface area contributed by atoms with Gasteiger partial charge in [0, 0.05) is 4.43 Å². The molecule has 1 aliphatic heterocycles. The first kappa shape index (κ1) is 10.4. The molecule has 1 unspecified atom stereocenters. The second-order valence-electron chi connectivity index (χ2n) is 3.35. The maximum absolute atomic E-state index is 5.89. The molecule has 14 heavy (non-hydrogen) atoms. The lowest BCUT2D eigenvalue weighted by Crippen LogP contribution is -2.37. The van der Waals surface area contributed by atoms with Gasteiger partial charge in [0.15, 0.2) is 0 Å². The largest absolute Gasteiger partial charge is 0.376 e. The van der Waals surface area contributed by atoms with Crippen LogP contribution in [0.5, 0.6) is 0 Å². The van der Waals surface area contributed by atoms with Gasteiger partial charge in [0.2, 0.25) is 0 Å². The van der Waals surface area contributed by atoms with E-state index in [0.29, 0.717) is 6.10 Å². The fraction of sp³-hybridized carbons (Fsp3) is 0.455. The van der Waals surface area contributed by atoms with Gasteiger partial charge in [0.1, 0.15) is 6.10 Å². The second-order valence-corrected chi connectivity index (χ2v) is 4.23. The van der Waals surface area contributed by atoms with Crippen LogP contribution in [0.2, 0.25) is 0 Å². The predicted octanol–water partition coefficient (Wildman–Crippen LogP) is 2.58. The molecule has 0 bridgehead atoms. The van der Waals surface area contributed by atoms with E-state index in [4.69, 9.17) is 9.47 Å². The summed E-state index contributed by atoms with van der Waals surface area (Å²) >= 11 is 2.36. The SMILES string of the molecule is ICC(OC1COC1)c1ccccc1. The number of halogens is 1. The lowest BCUT2D eigenvalue weighted by molar-refractivity contribution is -0.150. The molecule has 76 valence electrons. The topological polar surface area (TPSA) is 18.5 Å². The van der Waals surface area contributed by atoms with Crippen LogP contribution in [0.25, 0.3) is 0 Å². The molecule has 1 saturated heterocycles. The zero-order valence-electron chi connectivity index (χ0n) is 7.86. The maximum atomic E-state index is 5.89. The third-order valence-electron chi connectivity index (χ3n) is 2.28. The van der Waals surface area contributed by atoms with Crippen LogP contribution in [0.3, 0.4) is 0 Å². The summed E-state index contributed by atoms with van der Waals surface area (Å²) in [7, 11) is 0. The van der Waals surface area contributed by atoms with E-state index < -0.39 is 0 Å². The first-order valence-corrected chi connectivity index (χ1v) is 6.27. The Morgan fingerprint density at radius 2 is 2.07 bits per heavy atom. The summed E-state index contributed by atoms with van der Waals surface area (Å²) in [6.45, 7) is 1.50. The van der Waals surface area contributed by atoms with E-state index in [1.165, 1.54) is 5.56 Å². The normalized spacial score (nSPS) is 18.9. The summed E-state index contributed by atoms with van der Waals surface area (Å²) in [5, 5.41) is 0. The molecule has 0 aliphatic carbocycles. The molecule has 0 radical (unpaired) electrons. The highest BCUT2D eigenvalue weighted by molar-refractivity contribution is 14.1. The van der Waals surface area contributed by atoms with E-state index in [1.54, 1.807) is 0 Å². The summed E-state index contributed by atoms with van der Waals surface area (Å²) in [5.41, 5.74) is 1.26. The number of alkyl halides is 1. The van der Waals surface area contributed by atoms with Crippen molar-refractivity contribution in [3.8, 4) is 0 Å². The first-order chi connectivity index (χ1) is 6.90. The lowest BCUT2D eigenvalue weighted by Gasteiger charge is -2.30. The van der Waals surface area contributed by atoms with Crippen molar-refractivity contribution in [2.45, 2.75) is 12.2 Å². The fourth-order valence-corrected chi connectivity index (χ4v) is 2.11. The lowest BCUT2D eigenvalue weighted by atomic mass is 10.1. The molecule has 1 heterocycles. The molecule has 1 aromatic rings. The number of hydrogen-bond donors (Lipinski definition) is 0. The van der Waals surface area contributed by atoms with Gasteiger partial charge >= 0.3 is 0 Å². The fourth-order valence-electron chi connectivity index (χ4n) is 1.40. The molecule has 1 fully saturated rings.